The van der Waals surface area contributed by atoms with E-state index in [4.69, 9.17) is 15.9 Å². The van der Waals surface area contributed by atoms with E-state index < -0.39 is 5.97 Å². The monoisotopic (exact) mass is 330 g/mol. The third-order valence-corrected chi connectivity index (χ3v) is 4.40. The van der Waals surface area contributed by atoms with Crippen LogP contribution < -0.4 is 5.73 Å². The predicted octanol–water partition coefficient (Wildman–Crippen LogP) is 1.99. The fourth-order valence-electron chi connectivity index (χ4n) is 2.78. The second kappa shape index (κ2) is 10.6. The Kier molecular flexibility index (Phi) is 10.1. The fraction of sp³-hybridized carbons (Fsp3) is 0.882. The number of aliphatic hydroxyl groups is 1. The number of carboxylic acids is 1. The highest BCUT2D eigenvalue weighted by molar-refractivity contribution is 5.82. The second-order valence-corrected chi connectivity index (χ2v) is 6.85. The van der Waals surface area contributed by atoms with Gasteiger partial charge in [-0.05, 0) is 52.9 Å². The zero-order valence-corrected chi connectivity index (χ0v) is 15.0. The molecule has 1 aliphatic rings. The quantitative estimate of drug-likeness (QED) is 0.646. The van der Waals surface area contributed by atoms with Crippen molar-refractivity contribution in [2.24, 2.45) is 11.7 Å². The van der Waals surface area contributed by atoms with Crippen LogP contribution in [0.3, 0.4) is 0 Å². The number of hydrogen-bond donors (Lipinski definition) is 3. The number of nitrogens with zero attached hydrogens (tertiary/aromatic N) is 1. The molecule has 0 aromatic heterocycles. The molecule has 0 aromatic rings. The first-order chi connectivity index (χ1) is 10.7. The number of carbonyl (C=O) groups is 2. The Morgan fingerprint density at radius 3 is 2.52 bits per heavy atom. The molecule has 1 amide bonds. The van der Waals surface area contributed by atoms with Crippen molar-refractivity contribution in [1.29, 1.82) is 0 Å². The lowest BCUT2D eigenvalue weighted by molar-refractivity contribution is -0.141. The van der Waals surface area contributed by atoms with Crippen LogP contribution in [0, 0.1) is 5.92 Å². The highest BCUT2D eigenvalue weighted by Crippen LogP contribution is 2.26. The van der Waals surface area contributed by atoms with Crippen molar-refractivity contribution in [3.63, 3.8) is 0 Å². The van der Waals surface area contributed by atoms with Gasteiger partial charge in [0.1, 0.15) is 0 Å². The molecule has 4 N–H and O–H groups in total. The van der Waals surface area contributed by atoms with Crippen molar-refractivity contribution in [2.75, 3.05) is 13.2 Å². The van der Waals surface area contributed by atoms with Crippen LogP contribution in [0.5, 0.6) is 0 Å². The molecule has 0 unspecified atom stereocenters. The zero-order valence-electron chi connectivity index (χ0n) is 15.0. The molecule has 23 heavy (non-hydrogen) atoms. The average molecular weight is 330 g/mol. The Balaban J connectivity index is 0.000000438. The number of aliphatic carboxylic acids is 1. The summed E-state index contributed by atoms with van der Waals surface area (Å²) in [4.78, 5) is 23.9. The molecule has 1 aliphatic heterocycles. The molecule has 0 aromatic carbocycles. The highest BCUT2D eigenvalue weighted by atomic mass is 16.4. The van der Waals surface area contributed by atoms with Gasteiger partial charge in [-0.15, -0.1) is 0 Å². The van der Waals surface area contributed by atoms with Gasteiger partial charge in [-0.2, -0.15) is 0 Å². The van der Waals surface area contributed by atoms with E-state index in [-0.39, 0.29) is 30.0 Å². The van der Waals surface area contributed by atoms with Gasteiger partial charge in [-0.1, -0.05) is 13.3 Å². The molecule has 1 heterocycles. The molecule has 0 spiro atoms. The maximum absolute atomic E-state index is 11.8. The van der Waals surface area contributed by atoms with Crippen LogP contribution >= 0.6 is 0 Å². The van der Waals surface area contributed by atoms with Gasteiger partial charge in [-0.25, -0.2) is 0 Å². The van der Waals surface area contributed by atoms with Gasteiger partial charge in [0.15, 0.2) is 0 Å². The summed E-state index contributed by atoms with van der Waals surface area (Å²) in [5.74, 6) is -0.908. The number of amides is 1. The lowest BCUT2D eigenvalue weighted by Crippen LogP contribution is -2.51. The van der Waals surface area contributed by atoms with Gasteiger partial charge in [0.05, 0.1) is 12.0 Å². The Morgan fingerprint density at radius 1 is 1.43 bits per heavy atom. The highest BCUT2D eigenvalue weighted by Gasteiger charge is 2.34. The number of aliphatic hydroxyl groups excluding tert-OH is 1. The minimum atomic E-state index is -0.752. The molecular formula is C17H34N2O4. The maximum atomic E-state index is 11.8. The Bertz CT molecular complexity index is 372. The Hall–Kier alpha value is -1.14. The molecule has 1 rings (SSSR count). The summed E-state index contributed by atoms with van der Waals surface area (Å²) in [6, 6.07) is -0.276. The lowest BCUT2D eigenvalue weighted by atomic mass is 9.97. The van der Waals surface area contributed by atoms with E-state index in [1.807, 2.05) is 11.8 Å². The van der Waals surface area contributed by atoms with Crippen molar-refractivity contribution in [1.82, 2.24) is 4.90 Å². The van der Waals surface area contributed by atoms with E-state index in [1.165, 1.54) is 0 Å². The lowest BCUT2D eigenvalue weighted by Gasteiger charge is -2.37. The predicted molar refractivity (Wildman–Crippen MR) is 91.0 cm³/mol. The summed E-state index contributed by atoms with van der Waals surface area (Å²) in [6.07, 6.45) is 5.10. The average Bonchev–Trinajstić information content (AvgIpc) is 2.56. The smallest absolute Gasteiger partial charge is 0.306 e. The van der Waals surface area contributed by atoms with Crippen LogP contribution in [0.15, 0.2) is 0 Å². The van der Waals surface area contributed by atoms with Crippen molar-refractivity contribution in [3.8, 4) is 0 Å². The minimum Gasteiger partial charge on any atom is -0.481 e. The molecule has 136 valence electrons. The van der Waals surface area contributed by atoms with E-state index >= 15 is 0 Å². The number of hydrogen-bond acceptors (Lipinski definition) is 4. The normalized spacial score (nSPS) is 21.9. The van der Waals surface area contributed by atoms with Crippen LogP contribution in [-0.4, -0.2) is 51.7 Å². The van der Waals surface area contributed by atoms with E-state index in [1.54, 1.807) is 6.92 Å². The zero-order chi connectivity index (χ0) is 18.0. The number of carbonyl (C=O) groups excluding carboxylic acids is 1. The molecule has 0 bridgehead atoms. The van der Waals surface area contributed by atoms with Gasteiger partial charge < -0.3 is 20.8 Å². The maximum Gasteiger partial charge on any atom is 0.306 e. The standard InChI is InChI=1S/C10H20N2O.C7H14O3/c1-4-12-9(13)8(11)6-5-7-10(12,2)3;1-6(7(9)10)4-2-3-5-8/h8H,4-7,11H2,1-3H3;6,8H,2-5H2,1H3,(H,9,10)/t8-;6-/m00/s1. The number of rotatable bonds is 6. The summed E-state index contributed by atoms with van der Waals surface area (Å²) in [6.45, 7) is 8.85. The van der Waals surface area contributed by atoms with E-state index in [2.05, 4.69) is 13.8 Å². The first-order valence-corrected chi connectivity index (χ1v) is 8.58. The Morgan fingerprint density at radius 2 is 2.04 bits per heavy atom. The summed E-state index contributed by atoms with van der Waals surface area (Å²) in [7, 11) is 0. The van der Waals surface area contributed by atoms with Gasteiger partial charge >= 0.3 is 5.97 Å². The number of likely N-dealkylation sites (tertiary alicyclic amines) is 1. The SMILES string of the molecule is CCN1C(=O)[C@@H](N)CCCC1(C)C.C[C@@H](CCCCO)C(=O)O. The van der Waals surface area contributed by atoms with Crippen LogP contribution in [0.25, 0.3) is 0 Å². The van der Waals surface area contributed by atoms with E-state index in [9.17, 15) is 9.59 Å². The number of carboxylic acid groups (broad SMARTS) is 1. The van der Waals surface area contributed by atoms with Gasteiger partial charge in [0.2, 0.25) is 5.91 Å². The van der Waals surface area contributed by atoms with Crippen LogP contribution in [0.2, 0.25) is 0 Å². The summed E-state index contributed by atoms with van der Waals surface area (Å²) >= 11 is 0. The van der Waals surface area contributed by atoms with Crippen LogP contribution in [0.1, 0.15) is 66.2 Å². The molecule has 0 radical (unpaired) electrons. The molecule has 1 fully saturated rings. The molecule has 1 saturated heterocycles. The fourth-order valence-corrected chi connectivity index (χ4v) is 2.78. The molecule has 6 heteroatoms. The van der Waals surface area contributed by atoms with E-state index in [0.29, 0.717) is 12.8 Å². The molecule has 0 aliphatic carbocycles. The first-order valence-electron chi connectivity index (χ1n) is 8.58. The third kappa shape index (κ3) is 7.79. The summed E-state index contributed by atoms with van der Waals surface area (Å²) in [5, 5.41) is 16.8. The van der Waals surface area contributed by atoms with Gasteiger partial charge in [0.25, 0.3) is 0 Å². The van der Waals surface area contributed by atoms with Crippen molar-refractivity contribution < 1.29 is 19.8 Å². The first kappa shape index (κ1) is 21.9. The van der Waals surface area contributed by atoms with Crippen molar-refractivity contribution in [3.05, 3.63) is 0 Å². The van der Waals surface area contributed by atoms with Gasteiger partial charge in [-0.3, -0.25) is 9.59 Å². The Labute approximate surface area is 140 Å². The number of likely N-dealkylation sites (N-methyl/N-ethyl adjacent to an activating group) is 1. The molecule has 2 atom stereocenters. The van der Waals surface area contributed by atoms with Crippen molar-refractivity contribution >= 4 is 11.9 Å². The number of nitrogens with two attached hydrogens (primary N) is 1. The molecule has 0 saturated carbocycles. The largest absolute Gasteiger partial charge is 0.481 e. The molecule has 6 nitrogen and oxygen atoms in total. The molecular weight excluding hydrogens is 296 g/mol. The summed E-state index contributed by atoms with van der Waals surface area (Å²) in [5.41, 5.74) is 5.76. The number of unbranched alkanes of at least 4 members (excludes halogenated alkanes) is 1. The van der Waals surface area contributed by atoms with E-state index in [0.717, 1.165) is 32.2 Å². The third-order valence-electron chi connectivity index (χ3n) is 4.40. The van der Waals surface area contributed by atoms with Crippen LogP contribution in [-0.2, 0) is 9.59 Å². The van der Waals surface area contributed by atoms with Gasteiger partial charge in [0, 0.05) is 18.7 Å². The van der Waals surface area contributed by atoms with Crippen LogP contribution in [0.4, 0.5) is 0 Å². The minimum absolute atomic E-state index is 0.0139. The summed E-state index contributed by atoms with van der Waals surface area (Å²) < 4.78 is 0. The topological polar surface area (TPSA) is 104 Å². The van der Waals surface area contributed by atoms with Crippen molar-refractivity contribution in [2.45, 2.75) is 77.8 Å². The second-order valence-electron chi connectivity index (χ2n) is 6.85.